The first-order valence-corrected chi connectivity index (χ1v) is 6.78. The van der Waals surface area contributed by atoms with E-state index in [1.165, 1.54) is 12.1 Å². The molecule has 2 aromatic rings. The highest BCUT2D eigenvalue weighted by molar-refractivity contribution is 5.53. The third kappa shape index (κ3) is 2.71. The molecule has 0 aliphatic carbocycles. The lowest BCUT2D eigenvalue weighted by atomic mass is 10.2. The Hall–Kier alpha value is -1.79. The quantitative estimate of drug-likeness (QED) is 0.927. The molecule has 1 aliphatic rings. The van der Waals surface area contributed by atoms with Crippen LogP contribution in [0.4, 0.5) is 4.39 Å². The van der Waals surface area contributed by atoms with Gasteiger partial charge in [-0.05, 0) is 31.2 Å². The van der Waals surface area contributed by atoms with Crippen molar-refractivity contribution in [2.75, 3.05) is 26.2 Å². The Morgan fingerprint density at radius 3 is 2.65 bits per heavy atom. The molecule has 0 radical (unpaired) electrons. The van der Waals surface area contributed by atoms with E-state index >= 15 is 0 Å². The van der Waals surface area contributed by atoms with Crippen LogP contribution in [-0.2, 0) is 0 Å². The van der Waals surface area contributed by atoms with Crippen LogP contribution in [0.2, 0.25) is 0 Å². The predicted octanol–water partition coefficient (Wildman–Crippen LogP) is 1.84. The molecule has 0 bridgehead atoms. The number of nitrogens with zero attached hydrogens (tertiary/aromatic N) is 3. The highest BCUT2D eigenvalue weighted by Crippen LogP contribution is 2.22. The Morgan fingerprint density at radius 2 is 1.95 bits per heavy atom. The summed E-state index contributed by atoms with van der Waals surface area (Å²) in [4.78, 5) is 6.73. The highest BCUT2D eigenvalue weighted by atomic mass is 19.1. The average molecular weight is 276 g/mol. The zero-order valence-corrected chi connectivity index (χ0v) is 11.3. The number of aromatic nitrogens is 2. The average Bonchev–Trinajstić information content (AvgIpc) is 2.98. The lowest BCUT2D eigenvalue weighted by Gasteiger charge is -2.30. The van der Waals surface area contributed by atoms with Crippen molar-refractivity contribution in [1.82, 2.24) is 20.4 Å². The molecule has 20 heavy (non-hydrogen) atoms. The Bertz CT molecular complexity index is 563. The molecule has 0 spiro atoms. The molecule has 3 rings (SSSR count). The van der Waals surface area contributed by atoms with Gasteiger partial charge in [-0.3, -0.25) is 4.90 Å². The summed E-state index contributed by atoms with van der Waals surface area (Å²) in [5, 5.41) is 7.29. The van der Waals surface area contributed by atoms with Gasteiger partial charge in [-0.1, -0.05) is 5.16 Å². The number of piperazine rings is 1. The molecule has 0 saturated carbocycles. The molecular formula is C14H17FN4O. The number of benzene rings is 1. The molecule has 1 atom stereocenters. The predicted molar refractivity (Wildman–Crippen MR) is 72.5 cm³/mol. The van der Waals surface area contributed by atoms with Gasteiger partial charge in [0.15, 0.2) is 0 Å². The van der Waals surface area contributed by atoms with Crippen LogP contribution in [0.25, 0.3) is 11.4 Å². The number of hydrogen-bond acceptors (Lipinski definition) is 5. The monoisotopic (exact) mass is 276 g/mol. The third-order valence-corrected chi connectivity index (χ3v) is 3.60. The van der Waals surface area contributed by atoms with Crippen molar-refractivity contribution in [2.45, 2.75) is 13.0 Å². The van der Waals surface area contributed by atoms with Crippen molar-refractivity contribution in [2.24, 2.45) is 0 Å². The Balaban J connectivity index is 1.77. The number of halogens is 1. The number of rotatable bonds is 3. The van der Waals surface area contributed by atoms with Gasteiger partial charge in [-0.25, -0.2) is 4.39 Å². The normalized spacial score (nSPS) is 18.1. The van der Waals surface area contributed by atoms with E-state index in [1.807, 2.05) is 0 Å². The van der Waals surface area contributed by atoms with Gasteiger partial charge < -0.3 is 9.84 Å². The van der Waals surface area contributed by atoms with Crippen LogP contribution < -0.4 is 5.32 Å². The van der Waals surface area contributed by atoms with Crippen molar-refractivity contribution in [1.29, 1.82) is 0 Å². The maximum Gasteiger partial charge on any atom is 0.244 e. The van der Waals surface area contributed by atoms with Crippen molar-refractivity contribution < 1.29 is 8.91 Å². The van der Waals surface area contributed by atoms with Gasteiger partial charge in [0.05, 0.1) is 6.04 Å². The van der Waals surface area contributed by atoms with Crippen LogP contribution in [0.3, 0.4) is 0 Å². The van der Waals surface area contributed by atoms with E-state index in [-0.39, 0.29) is 11.9 Å². The van der Waals surface area contributed by atoms with Crippen LogP contribution in [-0.4, -0.2) is 41.2 Å². The van der Waals surface area contributed by atoms with E-state index in [4.69, 9.17) is 4.52 Å². The molecule has 106 valence electrons. The second-order valence-electron chi connectivity index (χ2n) is 4.93. The van der Waals surface area contributed by atoms with Crippen molar-refractivity contribution in [3.63, 3.8) is 0 Å². The summed E-state index contributed by atoms with van der Waals surface area (Å²) in [5.74, 6) is 0.833. The van der Waals surface area contributed by atoms with Crippen molar-refractivity contribution >= 4 is 0 Å². The fourth-order valence-corrected chi connectivity index (χ4v) is 2.35. The molecule has 1 aromatic heterocycles. The molecule has 1 aliphatic heterocycles. The van der Waals surface area contributed by atoms with E-state index in [0.29, 0.717) is 11.7 Å². The second kappa shape index (κ2) is 5.68. The SMILES string of the molecule is CC(c1nc(-c2ccc(F)cc2)no1)N1CCNCC1. The lowest BCUT2D eigenvalue weighted by Crippen LogP contribution is -2.44. The van der Waals surface area contributed by atoms with Gasteiger partial charge in [0.25, 0.3) is 0 Å². The summed E-state index contributed by atoms with van der Waals surface area (Å²) in [6.07, 6.45) is 0. The van der Waals surface area contributed by atoms with Gasteiger partial charge in [0, 0.05) is 31.7 Å². The van der Waals surface area contributed by atoms with E-state index in [1.54, 1.807) is 12.1 Å². The van der Waals surface area contributed by atoms with E-state index in [0.717, 1.165) is 31.7 Å². The zero-order chi connectivity index (χ0) is 13.9. The number of hydrogen-bond donors (Lipinski definition) is 1. The van der Waals surface area contributed by atoms with Crippen LogP contribution in [0, 0.1) is 5.82 Å². The van der Waals surface area contributed by atoms with Gasteiger partial charge in [-0.2, -0.15) is 4.98 Å². The number of nitrogens with one attached hydrogen (secondary N) is 1. The highest BCUT2D eigenvalue weighted by Gasteiger charge is 2.23. The fourth-order valence-electron chi connectivity index (χ4n) is 2.35. The first-order chi connectivity index (χ1) is 9.74. The van der Waals surface area contributed by atoms with Crippen LogP contribution in [0.1, 0.15) is 18.9 Å². The van der Waals surface area contributed by atoms with E-state index < -0.39 is 0 Å². The van der Waals surface area contributed by atoms with Gasteiger partial charge >= 0.3 is 0 Å². The molecule has 1 unspecified atom stereocenters. The van der Waals surface area contributed by atoms with Gasteiger partial charge in [0.2, 0.25) is 11.7 Å². The van der Waals surface area contributed by atoms with Crippen LogP contribution in [0.15, 0.2) is 28.8 Å². The smallest absolute Gasteiger partial charge is 0.244 e. The van der Waals surface area contributed by atoms with Crippen LogP contribution >= 0.6 is 0 Å². The minimum absolute atomic E-state index is 0.0961. The van der Waals surface area contributed by atoms with Crippen molar-refractivity contribution in [3.8, 4) is 11.4 Å². The molecule has 2 heterocycles. The van der Waals surface area contributed by atoms with Gasteiger partial charge in [-0.15, -0.1) is 0 Å². The minimum atomic E-state index is -0.272. The molecule has 1 aromatic carbocycles. The maximum atomic E-state index is 12.9. The molecule has 1 saturated heterocycles. The first kappa shape index (κ1) is 13.2. The maximum absolute atomic E-state index is 12.9. The van der Waals surface area contributed by atoms with E-state index in [2.05, 4.69) is 27.3 Å². The molecule has 6 heteroatoms. The molecule has 5 nitrogen and oxygen atoms in total. The van der Waals surface area contributed by atoms with Crippen LogP contribution in [0.5, 0.6) is 0 Å². The summed E-state index contributed by atoms with van der Waals surface area (Å²) in [7, 11) is 0. The first-order valence-electron chi connectivity index (χ1n) is 6.78. The third-order valence-electron chi connectivity index (χ3n) is 3.60. The zero-order valence-electron chi connectivity index (χ0n) is 11.3. The van der Waals surface area contributed by atoms with Gasteiger partial charge in [0.1, 0.15) is 5.82 Å². The lowest BCUT2D eigenvalue weighted by molar-refractivity contribution is 0.154. The molecule has 0 amide bonds. The molecule has 1 fully saturated rings. The Labute approximate surface area is 116 Å². The molecule has 1 N–H and O–H groups in total. The fraction of sp³-hybridized carbons (Fsp3) is 0.429. The summed E-state index contributed by atoms with van der Waals surface area (Å²) < 4.78 is 18.2. The summed E-state index contributed by atoms with van der Waals surface area (Å²) in [6.45, 7) is 5.95. The minimum Gasteiger partial charge on any atom is -0.337 e. The topological polar surface area (TPSA) is 54.2 Å². The Morgan fingerprint density at radius 1 is 1.25 bits per heavy atom. The largest absolute Gasteiger partial charge is 0.337 e. The summed E-state index contributed by atoms with van der Waals surface area (Å²) >= 11 is 0. The summed E-state index contributed by atoms with van der Waals surface area (Å²) in [6, 6.07) is 6.19. The second-order valence-corrected chi connectivity index (χ2v) is 4.93. The van der Waals surface area contributed by atoms with Crippen molar-refractivity contribution in [3.05, 3.63) is 36.0 Å². The molecular weight excluding hydrogens is 259 g/mol. The standard InChI is InChI=1S/C14H17FN4O/c1-10(19-8-6-16-7-9-19)14-17-13(18-20-14)11-2-4-12(15)5-3-11/h2-5,10,16H,6-9H2,1H3. The van der Waals surface area contributed by atoms with E-state index in [9.17, 15) is 4.39 Å². The summed E-state index contributed by atoms with van der Waals surface area (Å²) in [5.41, 5.74) is 0.758. The Kier molecular flexibility index (Phi) is 3.75.